The van der Waals surface area contributed by atoms with E-state index in [1.165, 1.54) is 0 Å². The van der Waals surface area contributed by atoms with Crippen LogP contribution in [0.25, 0.3) is 0 Å². The minimum atomic E-state index is -1.35. The number of amides is 3. The number of terminal acetylenes is 1. The zero-order valence-corrected chi connectivity index (χ0v) is 27.3. The lowest BCUT2D eigenvalue weighted by molar-refractivity contribution is -0.197. The van der Waals surface area contributed by atoms with E-state index in [0.717, 1.165) is 0 Å². The fourth-order valence-corrected chi connectivity index (χ4v) is 3.91. The number of hydrogen-bond acceptors (Lipinski definition) is 9. The minimum absolute atomic E-state index is 0.00449. The van der Waals surface area contributed by atoms with Gasteiger partial charge in [0, 0.05) is 38.5 Å². The molecule has 2 unspecified atom stereocenters. The standard InChI is InChI=1S/C28H38Br2N2O9/c1-7-8-10-18(19(33)11-9-12-23(37)41-32-21(35)13-14-22(32)36)31-24(38)28(6,16-15-20(34)26(2,3)29)17-40-25(39)27(4,5)30/h1,18H,8-17H2,2-6H3,(H,31,38). The van der Waals surface area contributed by atoms with E-state index in [-0.39, 0.29) is 70.2 Å². The number of rotatable bonds is 17. The van der Waals surface area contributed by atoms with Gasteiger partial charge in [0.15, 0.2) is 5.78 Å². The van der Waals surface area contributed by atoms with Crippen molar-refractivity contribution in [2.45, 2.75) is 107 Å². The zero-order chi connectivity index (χ0) is 31.6. The Morgan fingerprint density at radius 1 is 0.976 bits per heavy atom. The summed E-state index contributed by atoms with van der Waals surface area (Å²) in [5.74, 6) is -1.38. The number of esters is 1. The Morgan fingerprint density at radius 2 is 1.56 bits per heavy atom. The summed E-state index contributed by atoms with van der Waals surface area (Å²) in [6, 6.07) is -0.998. The zero-order valence-electron chi connectivity index (χ0n) is 24.1. The first kappa shape index (κ1) is 36.4. The molecule has 228 valence electrons. The number of nitrogens with zero attached hydrogens (tertiary/aromatic N) is 1. The monoisotopic (exact) mass is 704 g/mol. The Balaban J connectivity index is 2.93. The third-order valence-corrected chi connectivity index (χ3v) is 7.16. The molecule has 1 aliphatic rings. The van der Waals surface area contributed by atoms with Crippen LogP contribution in [0.1, 0.15) is 92.4 Å². The predicted octanol–water partition coefficient (Wildman–Crippen LogP) is 3.48. The van der Waals surface area contributed by atoms with E-state index in [2.05, 4.69) is 43.1 Å². The highest BCUT2D eigenvalue weighted by Crippen LogP contribution is 2.30. The Hall–Kier alpha value is -2.59. The number of nitrogens with one attached hydrogen (secondary N) is 1. The van der Waals surface area contributed by atoms with Gasteiger partial charge in [-0.25, -0.2) is 4.79 Å². The van der Waals surface area contributed by atoms with Crippen LogP contribution in [-0.2, 0) is 43.1 Å². The summed E-state index contributed by atoms with van der Waals surface area (Å²) >= 11 is 6.54. The maximum atomic E-state index is 13.5. The average Bonchev–Trinajstić information content (AvgIpc) is 3.18. The maximum Gasteiger partial charge on any atom is 0.333 e. The first-order valence-electron chi connectivity index (χ1n) is 13.2. The van der Waals surface area contributed by atoms with Crippen LogP contribution in [0.5, 0.6) is 0 Å². The van der Waals surface area contributed by atoms with Gasteiger partial charge in [-0.1, -0.05) is 31.9 Å². The summed E-state index contributed by atoms with van der Waals surface area (Å²) in [4.78, 5) is 91.6. The smallest absolute Gasteiger partial charge is 0.333 e. The lowest BCUT2D eigenvalue weighted by Crippen LogP contribution is -2.50. The second-order valence-corrected chi connectivity index (χ2v) is 15.1. The van der Waals surface area contributed by atoms with Gasteiger partial charge in [-0.2, -0.15) is 0 Å². The molecule has 41 heavy (non-hydrogen) atoms. The van der Waals surface area contributed by atoms with E-state index in [9.17, 15) is 33.6 Å². The Bertz CT molecular complexity index is 1040. The number of halogens is 2. The van der Waals surface area contributed by atoms with Crippen molar-refractivity contribution in [1.82, 2.24) is 10.4 Å². The van der Waals surface area contributed by atoms with E-state index >= 15 is 0 Å². The van der Waals surface area contributed by atoms with Crippen molar-refractivity contribution < 1.29 is 43.1 Å². The maximum absolute atomic E-state index is 13.5. The SMILES string of the molecule is C#CCCC(NC(=O)C(C)(CCC(=O)C(C)(C)Br)COC(=O)C(C)(C)Br)C(=O)CCCC(=O)ON1C(=O)CCC1=O. The minimum Gasteiger partial charge on any atom is -0.464 e. The third-order valence-electron chi connectivity index (χ3n) is 6.40. The van der Waals surface area contributed by atoms with Crippen LogP contribution < -0.4 is 5.32 Å². The van der Waals surface area contributed by atoms with Crippen LogP contribution in [0.4, 0.5) is 0 Å². The molecule has 3 amide bonds. The fraction of sp³-hybridized carbons (Fsp3) is 0.679. The van der Waals surface area contributed by atoms with Gasteiger partial charge in [0.25, 0.3) is 11.8 Å². The van der Waals surface area contributed by atoms with Crippen LogP contribution in [0, 0.1) is 17.8 Å². The molecule has 1 aliphatic heterocycles. The van der Waals surface area contributed by atoms with Crippen LogP contribution in [0.15, 0.2) is 0 Å². The molecule has 1 N–H and O–H groups in total. The summed E-state index contributed by atoms with van der Waals surface area (Å²) in [6.07, 6.45) is 5.35. The number of ketones is 2. The van der Waals surface area contributed by atoms with E-state index < -0.39 is 55.5 Å². The number of imide groups is 1. The van der Waals surface area contributed by atoms with Crippen molar-refractivity contribution in [2.75, 3.05) is 6.61 Å². The molecule has 1 heterocycles. The molecule has 0 radical (unpaired) electrons. The molecule has 2 atom stereocenters. The highest BCUT2D eigenvalue weighted by atomic mass is 79.9. The van der Waals surface area contributed by atoms with Crippen LogP contribution in [-0.4, -0.2) is 67.6 Å². The van der Waals surface area contributed by atoms with Crippen molar-refractivity contribution in [2.24, 2.45) is 5.41 Å². The molecular weight excluding hydrogens is 668 g/mol. The summed E-state index contributed by atoms with van der Waals surface area (Å²) in [7, 11) is 0. The molecule has 1 saturated heterocycles. The van der Waals surface area contributed by atoms with Gasteiger partial charge >= 0.3 is 11.9 Å². The quantitative estimate of drug-likeness (QED) is 0.104. The van der Waals surface area contributed by atoms with Crippen LogP contribution in [0.2, 0.25) is 0 Å². The van der Waals surface area contributed by atoms with Crippen molar-refractivity contribution in [3.63, 3.8) is 0 Å². The number of alkyl halides is 2. The molecule has 0 spiro atoms. The Morgan fingerprint density at radius 3 is 2.07 bits per heavy atom. The summed E-state index contributed by atoms with van der Waals surface area (Å²) in [5.41, 5.74) is -1.35. The average molecular weight is 706 g/mol. The molecule has 0 bridgehead atoms. The molecule has 0 saturated carbocycles. The van der Waals surface area contributed by atoms with Gasteiger partial charge in [-0.05, 0) is 53.9 Å². The molecule has 0 aliphatic carbocycles. The highest BCUT2D eigenvalue weighted by Gasteiger charge is 2.40. The predicted molar refractivity (Wildman–Crippen MR) is 155 cm³/mol. The van der Waals surface area contributed by atoms with E-state index in [4.69, 9.17) is 16.0 Å². The molecule has 0 aromatic heterocycles. The van der Waals surface area contributed by atoms with Crippen molar-refractivity contribution >= 4 is 73.1 Å². The Kier molecular flexibility index (Phi) is 13.9. The number of ether oxygens (including phenoxy) is 1. The van der Waals surface area contributed by atoms with E-state index in [0.29, 0.717) is 5.06 Å². The number of carbonyl (C=O) groups is 7. The van der Waals surface area contributed by atoms with Crippen molar-refractivity contribution in [3.8, 4) is 12.3 Å². The van der Waals surface area contributed by atoms with Crippen molar-refractivity contribution in [1.29, 1.82) is 0 Å². The largest absolute Gasteiger partial charge is 0.464 e. The number of hydrogen-bond donors (Lipinski definition) is 1. The summed E-state index contributed by atoms with van der Waals surface area (Å²) in [6.45, 7) is 7.77. The number of carbonyl (C=O) groups excluding carboxylic acids is 7. The van der Waals surface area contributed by atoms with Crippen molar-refractivity contribution in [3.05, 3.63) is 0 Å². The van der Waals surface area contributed by atoms with Gasteiger partial charge in [0.2, 0.25) is 5.91 Å². The Labute approximate surface area is 257 Å². The lowest BCUT2D eigenvalue weighted by atomic mass is 9.82. The molecule has 1 rings (SSSR count). The lowest BCUT2D eigenvalue weighted by Gasteiger charge is -2.31. The normalized spacial score (nSPS) is 15.9. The summed E-state index contributed by atoms with van der Waals surface area (Å²) in [5, 5.41) is 3.14. The molecule has 0 aromatic carbocycles. The topological polar surface area (TPSA) is 153 Å². The molecule has 1 fully saturated rings. The first-order chi connectivity index (χ1) is 18.8. The van der Waals surface area contributed by atoms with Crippen LogP contribution >= 0.6 is 31.9 Å². The first-order valence-corrected chi connectivity index (χ1v) is 14.8. The third kappa shape index (κ3) is 12.0. The highest BCUT2D eigenvalue weighted by molar-refractivity contribution is 9.10. The van der Waals surface area contributed by atoms with E-state index in [1.54, 1.807) is 34.6 Å². The second-order valence-electron chi connectivity index (χ2n) is 11.1. The van der Waals surface area contributed by atoms with Gasteiger partial charge in [-0.15, -0.1) is 17.4 Å². The van der Waals surface area contributed by atoms with Gasteiger partial charge in [-0.3, -0.25) is 28.8 Å². The molecule has 0 aromatic rings. The summed E-state index contributed by atoms with van der Waals surface area (Å²) < 4.78 is 3.59. The molecule has 13 heteroatoms. The van der Waals surface area contributed by atoms with Gasteiger partial charge in [0.1, 0.15) is 16.7 Å². The molecule has 11 nitrogen and oxygen atoms in total. The van der Waals surface area contributed by atoms with Gasteiger partial charge < -0.3 is 14.9 Å². The number of Topliss-reactive ketones (excluding diaryl/α,β-unsaturated/α-hetero) is 2. The number of hydroxylamine groups is 2. The van der Waals surface area contributed by atoms with E-state index in [1.807, 2.05) is 0 Å². The molecular formula is C28H38Br2N2O9. The van der Waals surface area contributed by atoms with Crippen LogP contribution in [0.3, 0.4) is 0 Å². The van der Waals surface area contributed by atoms with Gasteiger partial charge in [0.05, 0.1) is 15.8 Å². The second kappa shape index (κ2) is 15.6. The fourth-order valence-electron chi connectivity index (χ4n) is 3.59.